The number of halogens is 2. The van der Waals surface area contributed by atoms with Gasteiger partial charge in [-0.25, -0.2) is 12.8 Å². The maximum Gasteiger partial charge on any atom is 0.247 e. The molecule has 0 aromatic heterocycles. The number of hydrogen-bond donors (Lipinski definition) is 2. The Hall–Kier alpha value is -1.67. The van der Waals surface area contributed by atoms with Crippen LogP contribution in [0.1, 0.15) is 13.3 Å². The molecule has 0 spiro atoms. The van der Waals surface area contributed by atoms with Crippen LogP contribution in [0.25, 0.3) is 0 Å². The van der Waals surface area contributed by atoms with Gasteiger partial charge < -0.3 is 10.6 Å². The van der Waals surface area contributed by atoms with Gasteiger partial charge in [0.2, 0.25) is 11.8 Å². The van der Waals surface area contributed by atoms with Crippen LogP contribution < -0.4 is 10.6 Å². The van der Waals surface area contributed by atoms with E-state index in [-0.39, 0.29) is 22.9 Å². The normalized spacial score (nSPS) is 12.5. The fraction of sp³-hybridized carbons (Fsp3) is 0.385. The largest absolute Gasteiger partial charge is 0.345 e. The van der Waals surface area contributed by atoms with Gasteiger partial charge in [0.1, 0.15) is 21.7 Å². The molecule has 0 heterocycles. The number of carbonyl (C=O) groups is 2. The number of carbonyl (C=O) groups excluding carboxylic acids is 2. The molecule has 0 radical (unpaired) electrons. The topological polar surface area (TPSA) is 92.3 Å². The first kappa shape index (κ1) is 18.4. The molecular weight excluding hydrogens is 335 g/mol. The molecule has 0 aliphatic carbocycles. The standard InChI is InChI=1S/C13H16ClFN2O4S/c1-8(18)16-12(5-6-22(2,20)21)13(19)17-11-4-3-9(14)7-10(11)15/h3-4,7,12H,5-6H2,1-2H3,(H,16,18)(H,17,19). The summed E-state index contributed by atoms with van der Waals surface area (Å²) < 4.78 is 36.0. The van der Waals surface area contributed by atoms with E-state index in [1.165, 1.54) is 19.1 Å². The van der Waals surface area contributed by atoms with Gasteiger partial charge in [-0.1, -0.05) is 11.6 Å². The Labute approximate surface area is 133 Å². The number of benzene rings is 1. The van der Waals surface area contributed by atoms with Crippen molar-refractivity contribution < 1.29 is 22.4 Å². The van der Waals surface area contributed by atoms with Gasteiger partial charge in [0.05, 0.1) is 11.4 Å². The van der Waals surface area contributed by atoms with Crippen LogP contribution in [0.15, 0.2) is 18.2 Å². The number of anilines is 1. The molecule has 1 atom stereocenters. The molecule has 0 aliphatic rings. The van der Waals surface area contributed by atoms with Crippen LogP contribution in [0.2, 0.25) is 5.02 Å². The molecule has 0 saturated carbocycles. The van der Waals surface area contributed by atoms with E-state index < -0.39 is 33.5 Å². The molecule has 1 rings (SSSR count). The van der Waals surface area contributed by atoms with Gasteiger partial charge in [0.15, 0.2) is 0 Å². The fourth-order valence-corrected chi connectivity index (χ4v) is 2.48. The van der Waals surface area contributed by atoms with Gasteiger partial charge in [-0.05, 0) is 24.6 Å². The summed E-state index contributed by atoms with van der Waals surface area (Å²) in [6.45, 7) is 1.20. The molecule has 0 aliphatic heterocycles. The van der Waals surface area contributed by atoms with Gasteiger partial charge >= 0.3 is 0 Å². The Bertz CT molecular complexity index is 679. The number of nitrogens with one attached hydrogen (secondary N) is 2. The third-order valence-corrected chi connectivity index (χ3v) is 3.87. The summed E-state index contributed by atoms with van der Waals surface area (Å²) in [6.07, 6.45) is 0.911. The predicted molar refractivity (Wildman–Crippen MR) is 82.0 cm³/mol. The molecule has 22 heavy (non-hydrogen) atoms. The lowest BCUT2D eigenvalue weighted by molar-refractivity contribution is -0.125. The van der Waals surface area contributed by atoms with Crippen molar-refractivity contribution in [3.8, 4) is 0 Å². The molecule has 0 fully saturated rings. The molecule has 9 heteroatoms. The lowest BCUT2D eigenvalue weighted by Crippen LogP contribution is -2.44. The molecule has 2 amide bonds. The smallest absolute Gasteiger partial charge is 0.247 e. The molecule has 2 N–H and O–H groups in total. The van der Waals surface area contributed by atoms with Gasteiger partial charge in [-0.3, -0.25) is 9.59 Å². The molecular formula is C13H16ClFN2O4S. The molecule has 1 aromatic carbocycles. The lowest BCUT2D eigenvalue weighted by atomic mass is 10.2. The zero-order chi connectivity index (χ0) is 16.9. The number of hydrogen-bond acceptors (Lipinski definition) is 4. The van der Waals surface area contributed by atoms with Gasteiger partial charge in [-0.2, -0.15) is 0 Å². The van der Waals surface area contributed by atoms with Gasteiger partial charge in [0.25, 0.3) is 0 Å². The molecule has 1 unspecified atom stereocenters. The monoisotopic (exact) mass is 350 g/mol. The van der Waals surface area contributed by atoms with Crippen molar-refractivity contribution in [2.24, 2.45) is 0 Å². The van der Waals surface area contributed by atoms with Crippen molar-refractivity contribution in [3.63, 3.8) is 0 Å². The Morgan fingerprint density at radius 1 is 1.36 bits per heavy atom. The first-order valence-electron chi connectivity index (χ1n) is 6.29. The molecule has 0 bridgehead atoms. The van der Waals surface area contributed by atoms with Crippen LogP contribution in [-0.2, 0) is 19.4 Å². The summed E-state index contributed by atoms with van der Waals surface area (Å²) in [5.41, 5.74) is -0.107. The van der Waals surface area contributed by atoms with Gasteiger partial charge in [-0.15, -0.1) is 0 Å². The maximum atomic E-state index is 13.6. The van der Waals surface area contributed by atoms with Crippen LogP contribution in [0.5, 0.6) is 0 Å². The fourth-order valence-electron chi connectivity index (χ4n) is 1.66. The Kier molecular flexibility index (Phi) is 6.31. The van der Waals surface area contributed by atoms with E-state index in [9.17, 15) is 22.4 Å². The highest BCUT2D eigenvalue weighted by Gasteiger charge is 2.22. The minimum absolute atomic E-state index is 0.107. The Morgan fingerprint density at radius 2 is 2.00 bits per heavy atom. The third kappa shape index (κ3) is 6.40. The molecule has 6 nitrogen and oxygen atoms in total. The Morgan fingerprint density at radius 3 is 2.50 bits per heavy atom. The van der Waals surface area contributed by atoms with Crippen molar-refractivity contribution in [2.75, 3.05) is 17.3 Å². The Balaban J connectivity index is 2.84. The number of amides is 2. The van der Waals surface area contributed by atoms with Crippen LogP contribution in [0, 0.1) is 5.82 Å². The van der Waals surface area contributed by atoms with E-state index in [1.54, 1.807) is 0 Å². The first-order valence-corrected chi connectivity index (χ1v) is 8.73. The van der Waals surface area contributed by atoms with E-state index in [1.807, 2.05) is 0 Å². The highest BCUT2D eigenvalue weighted by Crippen LogP contribution is 2.19. The summed E-state index contributed by atoms with van der Waals surface area (Å²) in [4.78, 5) is 23.2. The van der Waals surface area contributed by atoms with Crippen molar-refractivity contribution in [2.45, 2.75) is 19.4 Å². The summed E-state index contributed by atoms with van der Waals surface area (Å²) in [5, 5.41) is 4.81. The van der Waals surface area contributed by atoms with E-state index in [4.69, 9.17) is 11.6 Å². The second-order valence-electron chi connectivity index (χ2n) is 4.79. The molecule has 122 valence electrons. The molecule has 0 saturated heterocycles. The number of rotatable bonds is 6. The van der Waals surface area contributed by atoms with Crippen molar-refractivity contribution >= 4 is 38.9 Å². The summed E-state index contributed by atoms with van der Waals surface area (Å²) in [6, 6.07) is 2.62. The summed E-state index contributed by atoms with van der Waals surface area (Å²) >= 11 is 5.61. The predicted octanol–water partition coefficient (Wildman–Crippen LogP) is 1.36. The van der Waals surface area contributed by atoms with Crippen LogP contribution >= 0.6 is 11.6 Å². The molecule has 1 aromatic rings. The van der Waals surface area contributed by atoms with E-state index in [0.29, 0.717) is 0 Å². The van der Waals surface area contributed by atoms with E-state index >= 15 is 0 Å². The quantitative estimate of drug-likeness (QED) is 0.810. The highest BCUT2D eigenvalue weighted by molar-refractivity contribution is 7.90. The van der Waals surface area contributed by atoms with E-state index in [2.05, 4.69) is 10.6 Å². The van der Waals surface area contributed by atoms with Crippen LogP contribution in [0.3, 0.4) is 0 Å². The second kappa shape index (κ2) is 7.55. The lowest BCUT2D eigenvalue weighted by Gasteiger charge is -2.17. The third-order valence-electron chi connectivity index (χ3n) is 2.66. The van der Waals surface area contributed by atoms with Crippen molar-refractivity contribution in [3.05, 3.63) is 29.0 Å². The summed E-state index contributed by atoms with van der Waals surface area (Å²) in [7, 11) is -3.30. The second-order valence-corrected chi connectivity index (χ2v) is 7.48. The van der Waals surface area contributed by atoms with Crippen LogP contribution in [-0.4, -0.2) is 38.3 Å². The van der Waals surface area contributed by atoms with Gasteiger partial charge in [0, 0.05) is 18.2 Å². The maximum absolute atomic E-state index is 13.6. The van der Waals surface area contributed by atoms with Crippen LogP contribution in [0.4, 0.5) is 10.1 Å². The first-order chi connectivity index (χ1) is 10.1. The SMILES string of the molecule is CC(=O)NC(CCS(C)(=O)=O)C(=O)Nc1ccc(Cl)cc1F. The zero-order valence-electron chi connectivity index (χ0n) is 12.0. The minimum atomic E-state index is -3.30. The average Bonchev–Trinajstić information content (AvgIpc) is 2.36. The average molecular weight is 351 g/mol. The highest BCUT2D eigenvalue weighted by atomic mass is 35.5. The van der Waals surface area contributed by atoms with Crippen molar-refractivity contribution in [1.29, 1.82) is 0 Å². The number of sulfone groups is 1. The van der Waals surface area contributed by atoms with E-state index in [0.717, 1.165) is 12.3 Å². The zero-order valence-corrected chi connectivity index (χ0v) is 13.6. The summed E-state index contributed by atoms with van der Waals surface area (Å²) in [5.74, 6) is -2.22. The van der Waals surface area contributed by atoms with Crippen molar-refractivity contribution in [1.82, 2.24) is 5.32 Å². The minimum Gasteiger partial charge on any atom is -0.345 e.